The number of ether oxygens (including phenoxy) is 1. The second-order valence-electron chi connectivity index (χ2n) is 4.75. The highest BCUT2D eigenvalue weighted by molar-refractivity contribution is 7.91. The maximum absolute atomic E-state index is 11.9. The molecule has 16 heavy (non-hydrogen) atoms. The summed E-state index contributed by atoms with van der Waals surface area (Å²) in [5.41, 5.74) is -0.194. The van der Waals surface area contributed by atoms with Crippen LogP contribution in [-0.4, -0.2) is 56.5 Å². The number of nitrogens with zero attached hydrogens (tertiary/aromatic N) is 1. The molecule has 2 fully saturated rings. The largest absolute Gasteiger partial charge is 0.377 e. The van der Waals surface area contributed by atoms with Crippen LogP contribution in [0.25, 0.3) is 0 Å². The van der Waals surface area contributed by atoms with E-state index in [9.17, 15) is 13.2 Å². The lowest BCUT2D eigenvalue weighted by Gasteiger charge is -2.52. The Balaban J connectivity index is 2.09. The van der Waals surface area contributed by atoms with Crippen molar-refractivity contribution in [1.82, 2.24) is 4.90 Å². The first kappa shape index (κ1) is 11.9. The molecular weight excluding hydrogens is 230 g/mol. The molecule has 0 unspecified atom stereocenters. The smallest absolute Gasteiger partial charge is 0.238 e. The lowest BCUT2D eigenvalue weighted by Crippen LogP contribution is -2.63. The Morgan fingerprint density at radius 1 is 1.44 bits per heavy atom. The third kappa shape index (κ3) is 2.22. The Morgan fingerprint density at radius 3 is 2.62 bits per heavy atom. The Kier molecular flexibility index (Phi) is 2.96. The summed E-state index contributed by atoms with van der Waals surface area (Å²) >= 11 is 0. The molecule has 2 aliphatic rings. The summed E-state index contributed by atoms with van der Waals surface area (Å²) in [6.45, 7) is 1.59. The van der Waals surface area contributed by atoms with E-state index in [-0.39, 0.29) is 17.2 Å². The van der Waals surface area contributed by atoms with E-state index in [4.69, 9.17) is 4.74 Å². The van der Waals surface area contributed by atoms with Crippen LogP contribution in [0.2, 0.25) is 0 Å². The average molecular weight is 247 g/mol. The minimum Gasteiger partial charge on any atom is -0.377 e. The molecule has 2 rings (SSSR count). The molecule has 0 aromatic heterocycles. The predicted octanol–water partition coefficient (Wildman–Crippen LogP) is -0.187. The number of carbonyl (C=O) groups excluding carboxylic acids is 1. The topological polar surface area (TPSA) is 63.7 Å². The number of amides is 1. The monoisotopic (exact) mass is 247 g/mol. The van der Waals surface area contributed by atoms with Crippen LogP contribution in [0.4, 0.5) is 0 Å². The van der Waals surface area contributed by atoms with Gasteiger partial charge in [-0.3, -0.25) is 4.79 Å². The fraction of sp³-hybridized carbons (Fsp3) is 0.900. The van der Waals surface area contributed by atoms with Crippen LogP contribution in [0, 0.1) is 0 Å². The first-order valence-corrected chi connectivity index (χ1v) is 7.55. The van der Waals surface area contributed by atoms with Crippen LogP contribution in [0.1, 0.15) is 19.3 Å². The summed E-state index contributed by atoms with van der Waals surface area (Å²) in [5.74, 6) is -0.653. The third-order valence-corrected chi connectivity index (χ3v) is 4.14. The molecule has 0 N–H and O–H groups in total. The fourth-order valence-electron chi connectivity index (χ4n) is 2.42. The van der Waals surface area contributed by atoms with E-state index < -0.39 is 9.84 Å². The minimum absolute atomic E-state index is 0.194. The van der Waals surface area contributed by atoms with Gasteiger partial charge in [0.1, 0.15) is 5.75 Å². The number of hydrogen-bond donors (Lipinski definition) is 0. The highest BCUT2D eigenvalue weighted by Crippen LogP contribution is 2.39. The molecule has 6 heteroatoms. The van der Waals surface area contributed by atoms with E-state index in [0.717, 1.165) is 25.5 Å². The molecule has 1 aliphatic heterocycles. The van der Waals surface area contributed by atoms with E-state index in [2.05, 4.69) is 0 Å². The molecule has 1 heterocycles. The molecule has 1 saturated carbocycles. The third-order valence-electron chi connectivity index (χ3n) is 3.37. The van der Waals surface area contributed by atoms with Gasteiger partial charge in [-0.15, -0.1) is 0 Å². The van der Waals surface area contributed by atoms with Crippen molar-refractivity contribution in [2.75, 3.05) is 31.8 Å². The molecule has 0 atom stereocenters. The lowest BCUT2D eigenvalue weighted by atomic mass is 9.75. The molecule has 1 aliphatic carbocycles. The Bertz CT molecular complexity index is 386. The average Bonchev–Trinajstić information content (AvgIpc) is 2.12. The molecule has 1 saturated heterocycles. The van der Waals surface area contributed by atoms with Crippen LogP contribution < -0.4 is 0 Å². The number of morpholine rings is 1. The van der Waals surface area contributed by atoms with Gasteiger partial charge >= 0.3 is 0 Å². The molecule has 92 valence electrons. The first-order chi connectivity index (χ1) is 7.43. The van der Waals surface area contributed by atoms with Crippen molar-refractivity contribution in [3.63, 3.8) is 0 Å². The lowest BCUT2D eigenvalue weighted by molar-refractivity contribution is -0.155. The Labute approximate surface area is 95.7 Å². The molecule has 0 aromatic carbocycles. The summed E-state index contributed by atoms with van der Waals surface area (Å²) in [6, 6.07) is 0. The zero-order valence-electron chi connectivity index (χ0n) is 9.44. The van der Waals surface area contributed by atoms with Gasteiger partial charge in [-0.1, -0.05) is 0 Å². The van der Waals surface area contributed by atoms with Crippen molar-refractivity contribution in [2.24, 2.45) is 0 Å². The normalized spacial score (nSPS) is 24.2. The molecule has 0 aromatic rings. The summed E-state index contributed by atoms with van der Waals surface area (Å²) < 4.78 is 27.6. The van der Waals surface area contributed by atoms with Crippen LogP contribution in [0.3, 0.4) is 0 Å². The Morgan fingerprint density at radius 2 is 2.12 bits per heavy atom. The van der Waals surface area contributed by atoms with Crippen LogP contribution in [0.15, 0.2) is 0 Å². The van der Waals surface area contributed by atoms with Crippen molar-refractivity contribution in [2.45, 2.75) is 24.8 Å². The summed E-state index contributed by atoms with van der Waals surface area (Å²) in [5, 5.41) is 0. The number of rotatable bonds is 2. The molecule has 0 bridgehead atoms. The molecule has 1 spiro atoms. The van der Waals surface area contributed by atoms with E-state index in [0.29, 0.717) is 19.8 Å². The van der Waals surface area contributed by atoms with E-state index in [1.807, 2.05) is 0 Å². The van der Waals surface area contributed by atoms with Gasteiger partial charge in [0.25, 0.3) is 0 Å². The van der Waals surface area contributed by atoms with Gasteiger partial charge in [0.2, 0.25) is 5.91 Å². The second-order valence-corrected chi connectivity index (χ2v) is 6.89. The van der Waals surface area contributed by atoms with Crippen LogP contribution in [0.5, 0.6) is 0 Å². The van der Waals surface area contributed by atoms with Gasteiger partial charge in [-0.25, -0.2) is 8.42 Å². The van der Waals surface area contributed by atoms with Crippen LogP contribution in [-0.2, 0) is 19.4 Å². The molecular formula is C10H17NO4S. The van der Waals surface area contributed by atoms with Gasteiger partial charge in [0, 0.05) is 12.8 Å². The minimum atomic E-state index is -3.24. The van der Waals surface area contributed by atoms with Gasteiger partial charge in [-0.05, 0) is 19.3 Å². The summed E-state index contributed by atoms with van der Waals surface area (Å²) in [6.07, 6.45) is 4.05. The molecule has 5 nitrogen and oxygen atoms in total. The molecule has 0 radical (unpaired) electrons. The van der Waals surface area contributed by atoms with Gasteiger partial charge in [0.15, 0.2) is 9.84 Å². The fourth-order valence-corrected chi connectivity index (χ4v) is 3.03. The van der Waals surface area contributed by atoms with Crippen LogP contribution >= 0.6 is 0 Å². The van der Waals surface area contributed by atoms with Crippen molar-refractivity contribution < 1.29 is 17.9 Å². The SMILES string of the molecule is CS(=O)(=O)CC(=O)N1CCOCC12CCC2. The zero-order chi connectivity index (χ0) is 11.8. The molecule has 1 amide bonds. The highest BCUT2D eigenvalue weighted by Gasteiger charge is 2.47. The van der Waals surface area contributed by atoms with E-state index in [1.165, 1.54) is 0 Å². The summed E-state index contributed by atoms with van der Waals surface area (Å²) in [7, 11) is -3.24. The van der Waals surface area contributed by atoms with Gasteiger partial charge in [-0.2, -0.15) is 0 Å². The number of sulfone groups is 1. The highest BCUT2D eigenvalue weighted by atomic mass is 32.2. The maximum atomic E-state index is 11.9. The predicted molar refractivity (Wildman–Crippen MR) is 58.8 cm³/mol. The first-order valence-electron chi connectivity index (χ1n) is 5.49. The van der Waals surface area contributed by atoms with Gasteiger partial charge in [0.05, 0.1) is 18.8 Å². The zero-order valence-corrected chi connectivity index (χ0v) is 10.3. The summed E-state index contributed by atoms with van der Waals surface area (Å²) in [4.78, 5) is 13.6. The number of hydrogen-bond acceptors (Lipinski definition) is 4. The van der Waals surface area contributed by atoms with Crippen molar-refractivity contribution in [3.05, 3.63) is 0 Å². The van der Waals surface area contributed by atoms with Crippen molar-refractivity contribution in [3.8, 4) is 0 Å². The second kappa shape index (κ2) is 4.00. The maximum Gasteiger partial charge on any atom is 0.238 e. The van der Waals surface area contributed by atoms with Crippen molar-refractivity contribution in [1.29, 1.82) is 0 Å². The van der Waals surface area contributed by atoms with E-state index >= 15 is 0 Å². The number of carbonyl (C=O) groups is 1. The quantitative estimate of drug-likeness (QED) is 0.678. The van der Waals surface area contributed by atoms with Crippen molar-refractivity contribution >= 4 is 15.7 Å². The van der Waals surface area contributed by atoms with E-state index in [1.54, 1.807) is 4.90 Å². The Hall–Kier alpha value is -0.620. The van der Waals surface area contributed by atoms with Gasteiger partial charge < -0.3 is 9.64 Å². The standard InChI is InChI=1S/C10H17NO4S/c1-16(13,14)7-9(12)11-5-6-15-8-10(11)3-2-4-10/h2-8H2,1H3.